The zero-order chi connectivity index (χ0) is 29.3. The second kappa shape index (κ2) is 12.6. The standard InChI is InChI=1S/C30H39F4N7S/c31-21-3-1-2-18(9-21)14-36-27-16-41(15-19-4-5-25-20(8-19)10-22(13-35)39-25)7-6-26(27)40-28-24-11-23(12-30(32,33)34)42-29(24)38-17-37-28/h10-11,17-21,25-27,36,39H,1-9,12,14-16H2,(H,37,38,40). The van der Waals surface area contributed by atoms with E-state index in [1.807, 2.05) is 0 Å². The lowest BCUT2D eigenvalue weighted by Gasteiger charge is -2.42. The number of rotatable bonds is 8. The molecule has 2 aliphatic carbocycles. The number of likely N-dealkylation sites (tertiary alicyclic amines) is 1. The molecule has 0 spiro atoms. The van der Waals surface area contributed by atoms with Crippen molar-refractivity contribution in [3.63, 3.8) is 0 Å². The highest BCUT2D eigenvalue weighted by Crippen LogP contribution is 2.36. The van der Waals surface area contributed by atoms with Crippen LogP contribution in [0.1, 0.15) is 56.2 Å². The Balaban J connectivity index is 1.14. The fourth-order valence-electron chi connectivity index (χ4n) is 7.50. The number of hydrogen-bond acceptors (Lipinski definition) is 8. The molecule has 0 aromatic carbocycles. The third-order valence-corrected chi connectivity index (χ3v) is 10.6. The maximum atomic E-state index is 14.1. The van der Waals surface area contributed by atoms with E-state index in [1.54, 1.807) is 6.07 Å². The quantitative estimate of drug-likeness (QED) is 0.340. The first-order valence-electron chi connectivity index (χ1n) is 15.3. The van der Waals surface area contributed by atoms with Gasteiger partial charge in [0, 0.05) is 48.6 Å². The molecule has 3 N–H and O–H groups in total. The summed E-state index contributed by atoms with van der Waals surface area (Å²) in [5.41, 5.74) is 0.704. The number of fused-ring (bicyclic) bond motifs is 2. The summed E-state index contributed by atoms with van der Waals surface area (Å²) in [6, 6.07) is 4.33. The number of aromatic nitrogens is 2. The first-order valence-corrected chi connectivity index (χ1v) is 16.1. The number of nitrogens with zero attached hydrogens (tertiary/aromatic N) is 4. The molecule has 7 nitrogen and oxygen atoms in total. The van der Waals surface area contributed by atoms with Crippen LogP contribution < -0.4 is 16.0 Å². The summed E-state index contributed by atoms with van der Waals surface area (Å²) in [6.07, 6.45) is 4.90. The van der Waals surface area contributed by atoms with Gasteiger partial charge in [0.25, 0.3) is 0 Å². The Morgan fingerprint density at radius 2 is 1.98 bits per heavy atom. The van der Waals surface area contributed by atoms with Crippen LogP contribution in [0, 0.1) is 29.1 Å². The SMILES string of the molecule is N#CC1=CC2CC(CN3CCC(Nc4ncnc5sc(CC(F)(F)F)cc45)C(NCC4CCCC(F)C4)C3)CCC2N1. The molecule has 0 bridgehead atoms. The number of nitriles is 1. The van der Waals surface area contributed by atoms with E-state index < -0.39 is 18.8 Å². The van der Waals surface area contributed by atoms with Crippen molar-refractivity contribution in [3.8, 4) is 6.07 Å². The minimum Gasteiger partial charge on any atom is -0.373 e. The smallest absolute Gasteiger partial charge is 0.373 e. The van der Waals surface area contributed by atoms with Crippen molar-refractivity contribution >= 4 is 27.4 Å². The fraction of sp³-hybridized carbons (Fsp3) is 0.700. The Hall–Kier alpha value is -2.49. The second-order valence-electron chi connectivity index (χ2n) is 12.7. The van der Waals surface area contributed by atoms with Gasteiger partial charge in [-0.3, -0.25) is 0 Å². The largest absolute Gasteiger partial charge is 0.393 e. The summed E-state index contributed by atoms with van der Waals surface area (Å²) in [5, 5.41) is 20.6. The Kier molecular flexibility index (Phi) is 8.89. The maximum absolute atomic E-state index is 14.1. The molecule has 2 aromatic rings. The molecule has 2 aromatic heterocycles. The van der Waals surface area contributed by atoms with Crippen molar-refractivity contribution in [1.29, 1.82) is 5.26 Å². The van der Waals surface area contributed by atoms with Crippen LogP contribution in [0.3, 0.4) is 0 Å². The topological polar surface area (TPSA) is 88.9 Å². The molecule has 1 saturated heterocycles. The van der Waals surface area contributed by atoms with Crippen LogP contribution in [-0.4, -0.2) is 71.5 Å². The third kappa shape index (κ3) is 7.17. The van der Waals surface area contributed by atoms with Gasteiger partial charge in [-0.1, -0.05) is 6.42 Å². The van der Waals surface area contributed by atoms with Gasteiger partial charge < -0.3 is 20.9 Å². The number of piperidine rings is 1. The van der Waals surface area contributed by atoms with Crippen LogP contribution in [0.5, 0.6) is 0 Å². The van der Waals surface area contributed by atoms with Crippen molar-refractivity contribution < 1.29 is 17.6 Å². The summed E-state index contributed by atoms with van der Waals surface area (Å²) >= 11 is 1.06. The Morgan fingerprint density at radius 3 is 2.79 bits per heavy atom. The van der Waals surface area contributed by atoms with Crippen molar-refractivity contribution in [1.82, 2.24) is 25.5 Å². The van der Waals surface area contributed by atoms with Gasteiger partial charge in [0.15, 0.2) is 0 Å². The van der Waals surface area contributed by atoms with E-state index in [4.69, 9.17) is 0 Å². The molecule has 7 unspecified atom stereocenters. The molecule has 12 heteroatoms. The average molecular weight is 606 g/mol. The summed E-state index contributed by atoms with van der Waals surface area (Å²) in [5.74, 6) is 1.86. The lowest BCUT2D eigenvalue weighted by molar-refractivity contribution is -0.126. The van der Waals surface area contributed by atoms with Gasteiger partial charge in [-0.05, 0) is 75.5 Å². The number of nitrogens with one attached hydrogen (secondary N) is 3. The van der Waals surface area contributed by atoms with Gasteiger partial charge in [-0.25, -0.2) is 14.4 Å². The molecule has 3 fully saturated rings. The number of allylic oxidation sites excluding steroid dienone is 1. The van der Waals surface area contributed by atoms with E-state index in [0.29, 0.717) is 58.4 Å². The van der Waals surface area contributed by atoms with Crippen molar-refractivity contribution in [3.05, 3.63) is 29.0 Å². The average Bonchev–Trinajstić information content (AvgIpc) is 3.55. The van der Waals surface area contributed by atoms with E-state index in [9.17, 15) is 22.8 Å². The van der Waals surface area contributed by atoms with Crippen molar-refractivity contribution in [2.75, 3.05) is 31.5 Å². The number of alkyl halides is 4. The van der Waals surface area contributed by atoms with E-state index >= 15 is 0 Å². The number of anilines is 1. The molecule has 4 heterocycles. The third-order valence-electron chi connectivity index (χ3n) is 9.53. The minimum absolute atomic E-state index is 0.0333. The summed E-state index contributed by atoms with van der Waals surface area (Å²) in [4.78, 5) is 12.0. The fourth-order valence-corrected chi connectivity index (χ4v) is 8.52. The molecule has 4 aliphatic rings. The van der Waals surface area contributed by atoms with Crippen molar-refractivity contribution in [2.45, 2.75) is 88.3 Å². The second-order valence-corrected chi connectivity index (χ2v) is 13.8. The van der Waals surface area contributed by atoms with Crippen molar-refractivity contribution in [2.24, 2.45) is 17.8 Å². The van der Waals surface area contributed by atoms with Crippen LogP contribution in [0.25, 0.3) is 10.2 Å². The van der Waals surface area contributed by atoms with E-state index in [2.05, 4.69) is 43.0 Å². The molecular formula is C30H39F4N7S. The molecule has 42 heavy (non-hydrogen) atoms. The minimum atomic E-state index is -4.27. The molecule has 228 valence electrons. The van der Waals surface area contributed by atoms with E-state index in [-0.39, 0.29) is 17.0 Å². The first-order chi connectivity index (χ1) is 20.2. The highest BCUT2D eigenvalue weighted by molar-refractivity contribution is 7.18. The van der Waals surface area contributed by atoms with Crippen LogP contribution in [0.15, 0.2) is 24.2 Å². The predicted octanol–water partition coefficient (Wildman–Crippen LogP) is 5.56. The van der Waals surface area contributed by atoms with Gasteiger partial charge >= 0.3 is 6.18 Å². The lowest BCUT2D eigenvalue weighted by Crippen LogP contribution is -2.58. The molecule has 7 atom stereocenters. The van der Waals surface area contributed by atoms with E-state index in [1.165, 1.54) is 6.33 Å². The zero-order valence-electron chi connectivity index (χ0n) is 23.7. The molecule has 0 amide bonds. The maximum Gasteiger partial charge on any atom is 0.393 e. The summed E-state index contributed by atoms with van der Waals surface area (Å²) in [6.45, 7) is 3.50. The van der Waals surface area contributed by atoms with E-state index in [0.717, 1.165) is 76.0 Å². The summed E-state index contributed by atoms with van der Waals surface area (Å²) < 4.78 is 53.3. The first kappa shape index (κ1) is 29.6. The zero-order valence-corrected chi connectivity index (χ0v) is 24.5. The van der Waals surface area contributed by atoms with Gasteiger partial charge in [0.05, 0.1) is 11.8 Å². The summed E-state index contributed by atoms with van der Waals surface area (Å²) in [7, 11) is 0. The van der Waals surface area contributed by atoms with Crippen LogP contribution in [-0.2, 0) is 6.42 Å². The number of hydrogen-bond donors (Lipinski definition) is 3. The Bertz CT molecular complexity index is 1310. The number of thiophene rings is 1. The Morgan fingerprint density at radius 1 is 1.10 bits per heavy atom. The lowest BCUT2D eigenvalue weighted by atomic mass is 9.78. The highest BCUT2D eigenvalue weighted by Gasteiger charge is 2.37. The molecule has 6 rings (SSSR count). The molecule has 2 saturated carbocycles. The monoisotopic (exact) mass is 605 g/mol. The number of halogens is 4. The Labute approximate surface area is 248 Å². The van der Waals surface area contributed by atoms with Gasteiger partial charge in [0.2, 0.25) is 0 Å². The highest BCUT2D eigenvalue weighted by atomic mass is 32.1. The van der Waals surface area contributed by atoms with Gasteiger partial charge in [-0.15, -0.1) is 11.3 Å². The normalized spacial score (nSPS) is 32.2. The molecular weight excluding hydrogens is 566 g/mol. The predicted molar refractivity (Wildman–Crippen MR) is 156 cm³/mol. The van der Waals surface area contributed by atoms with Crippen LogP contribution >= 0.6 is 11.3 Å². The molecule has 2 aliphatic heterocycles. The molecule has 0 radical (unpaired) electrons. The van der Waals surface area contributed by atoms with Gasteiger partial charge in [0.1, 0.15) is 34.9 Å². The van der Waals surface area contributed by atoms with Gasteiger partial charge in [-0.2, -0.15) is 18.4 Å². The van der Waals surface area contributed by atoms with Crippen LogP contribution in [0.4, 0.5) is 23.4 Å². The van der Waals surface area contributed by atoms with Crippen LogP contribution in [0.2, 0.25) is 0 Å².